The monoisotopic (exact) mass is 446 g/mol. The molecule has 3 saturated carbocycles. The van der Waals surface area contributed by atoms with Crippen LogP contribution in [0.15, 0.2) is 23.8 Å². The van der Waals surface area contributed by atoms with Gasteiger partial charge in [0.05, 0.1) is 12.7 Å². The first-order valence-electron chi connectivity index (χ1n) is 12.0. The number of unbranched alkanes of at least 4 members (excludes halogenated alkanes) is 1. The van der Waals surface area contributed by atoms with Gasteiger partial charge < -0.3 is 9.84 Å². The number of hydrogen-bond acceptors (Lipinski definition) is 5. The number of carbonyl (C=O) groups excluding carboxylic acids is 3. The van der Waals surface area contributed by atoms with Crippen molar-refractivity contribution in [3.63, 3.8) is 0 Å². The lowest BCUT2D eigenvalue weighted by atomic mass is 9.46. The summed E-state index contributed by atoms with van der Waals surface area (Å²) >= 11 is 0. The number of fused-ring (bicyclic) bond motifs is 5. The number of aliphatic hydroxyl groups is 1. The zero-order valence-electron chi connectivity index (χ0n) is 19.5. The highest BCUT2D eigenvalue weighted by Gasteiger charge is 2.66. The highest BCUT2D eigenvalue weighted by atomic mass is 19.1. The van der Waals surface area contributed by atoms with Crippen LogP contribution in [0.3, 0.4) is 0 Å². The summed E-state index contributed by atoms with van der Waals surface area (Å²) in [4.78, 5) is 37.6. The van der Waals surface area contributed by atoms with Gasteiger partial charge in [0.15, 0.2) is 5.78 Å². The fraction of sp³-hybridized carbons (Fsp3) is 0.731. The van der Waals surface area contributed by atoms with E-state index in [0.717, 1.165) is 6.42 Å². The largest absolute Gasteiger partial charge is 0.460 e. The Morgan fingerprint density at radius 2 is 2.00 bits per heavy atom. The van der Waals surface area contributed by atoms with Crippen LogP contribution in [0.25, 0.3) is 0 Å². The van der Waals surface area contributed by atoms with Crippen molar-refractivity contribution in [3.05, 3.63) is 23.8 Å². The Labute approximate surface area is 189 Å². The molecule has 0 spiro atoms. The van der Waals surface area contributed by atoms with Crippen molar-refractivity contribution in [1.29, 1.82) is 0 Å². The number of ketones is 2. The molecule has 6 unspecified atom stereocenters. The molecular weight excluding hydrogens is 411 g/mol. The molecule has 0 heterocycles. The van der Waals surface area contributed by atoms with Gasteiger partial charge in [-0.25, -0.2) is 9.18 Å². The number of esters is 1. The number of aliphatic hydroxyl groups excluding tert-OH is 1. The van der Waals surface area contributed by atoms with Gasteiger partial charge in [-0.2, -0.15) is 0 Å². The van der Waals surface area contributed by atoms with Gasteiger partial charge in [0, 0.05) is 17.3 Å². The van der Waals surface area contributed by atoms with E-state index < -0.39 is 40.8 Å². The molecule has 4 aliphatic carbocycles. The van der Waals surface area contributed by atoms with Crippen molar-refractivity contribution in [2.45, 2.75) is 72.1 Å². The quantitative estimate of drug-likeness (QED) is 0.392. The molecule has 0 amide bonds. The van der Waals surface area contributed by atoms with Crippen LogP contribution in [0.2, 0.25) is 0 Å². The third kappa shape index (κ3) is 3.41. The maximum absolute atomic E-state index is 15.4. The lowest BCUT2D eigenvalue weighted by molar-refractivity contribution is -0.162. The summed E-state index contributed by atoms with van der Waals surface area (Å²) in [7, 11) is 0. The predicted molar refractivity (Wildman–Crippen MR) is 117 cm³/mol. The highest BCUT2D eigenvalue weighted by Crippen LogP contribution is 2.67. The normalized spacial score (nSPS) is 44.9. The number of hydrogen-bond donors (Lipinski definition) is 1. The van der Waals surface area contributed by atoms with E-state index in [0.29, 0.717) is 24.8 Å². The number of allylic oxidation sites excluding steroid dienone is 4. The summed E-state index contributed by atoms with van der Waals surface area (Å²) < 4.78 is 20.6. The van der Waals surface area contributed by atoms with Crippen LogP contribution in [0.5, 0.6) is 0 Å². The number of carbonyl (C=O) groups is 3. The summed E-state index contributed by atoms with van der Waals surface area (Å²) in [6.07, 6.45) is 5.56. The summed E-state index contributed by atoms with van der Waals surface area (Å²) in [6, 6.07) is 0. The fourth-order valence-corrected chi connectivity index (χ4v) is 7.77. The Hall–Kier alpha value is -1.82. The SMILES string of the molecule is CCCCOC(=O)C(=O)C1[C@H](C)C[C@H]2C3C[C@H](F)C4=CC(=O)C=CC4(C)C3C(O)CC12C. The van der Waals surface area contributed by atoms with Crippen molar-refractivity contribution >= 4 is 17.5 Å². The Morgan fingerprint density at radius 3 is 2.69 bits per heavy atom. The molecule has 0 bridgehead atoms. The minimum atomic E-state index is -1.26. The van der Waals surface area contributed by atoms with Gasteiger partial charge in [-0.1, -0.05) is 40.2 Å². The molecular formula is C26H35FO5. The minimum Gasteiger partial charge on any atom is -0.460 e. The average Bonchev–Trinajstić information content (AvgIpc) is 2.98. The summed E-state index contributed by atoms with van der Waals surface area (Å²) in [5.41, 5.74) is -0.847. The van der Waals surface area contributed by atoms with Crippen LogP contribution in [0.4, 0.5) is 4.39 Å². The first-order chi connectivity index (χ1) is 15.0. The Morgan fingerprint density at radius 1 is 1.28 bits per heavy atom. The van der Waals surface area contributed by atoms with Gasteiger partial charge in [-0.05, 0) is 66.6 Å². The zero-order chi connectivity index (χ0) is 23.4. The second-order valence-electron chi connectivity index (χ2n) is 10.9. The highest BCUT2D eigenvalue weighted by molar-refractivity contribution is 6.34. The molecule has 4 aliphatic rings. The molecule has 3 fully saturated rings. The molecule has 0 aliphatic heterocycles. The van der Waals surface area contributed by atoms with E-state index in [4.69, 9.17) is 4.74 Å². The first kappa shape index (κ1) is 23.3. The molecule has 1 N–H and O–H groups in total. The summed E-state index contributed by atoms with van der Waals surface area (Å²) in [5.74, 6) is -2.42. The molecule has 0 aromatic rings. The van der Waals surface area contributed by atoms with E-state index >= 15 is 4.39 Å². The van der Waals surface area contributed by atoms with E-state index in [1.54, 1.807) is 6.08 Å². The summed E-state index contributed by atoms with van der Waals surface area (Å²) in [6.45, 7) is 8.11. The molecule has 0 aromatic carbocycles. The van der Waals surface area contributed by atoms with Gasteiger partial charge in [0.25, 0.3) is 0 Å². The maximum atomic E-state index is 15.4. The van der Waals surface area contributed by atoms with E-state index in [1.165, 1.54) is 12.2 Å². The molecule has 4 rings (SSSR count). The van der Waals surface area contributed by atoms with Gasteiger partial charge in [-0.15, -0.1) is 0 Å². The van der Waals surface area contributed by atoms with Crippen LogP contribution in [0, 0.1) is 40.4 Å². The molecule has 5 nitrogen and oxygen atoms in total. The molecule has 6 heteroatoms. The number of alkyl halides is 1. The lowest BCUT2D eigenvalue weighted by Gasteiger charge is -2.59. The first-order valence-corrected chi connectivity index (χ1v) is 12.0. The van der Waals surface area contributed by atoms with Crippen molar-refractivity contribution in [3.8, 4) is 0 Å². The van der Waals surface area contributed by atoms with E-state index in [9.17, 15) is 19.5 Å². The van der Waals surface area contributed by atoms with Crippen LogP contribution in [-0.4, -0.2) is 41.5 Å². The third-order valence-electron chi connectivity index (χ3n) is 9.03. The maximum Gasteiger partial charge on any atom is 0.374 e. The topological polar surface area (TPSA) is 80.7 Å². The van der Waals surface area contributed by atoms with E-state index in [2.05, 4.69) is 0 Å². The van der Waals surface area contributed by atoms with Crippen molar-refractivity contribution < 1.29 is 28.6 Å². The zero-order valence-corrected chi connectivity index (χ0v) is 19.5. The fourth-order valence-electron chi connectivity index (χ4n) is 7.77. The van der Waals surface area contributed by atoms with Crippen molar-refractivity contribution in [2.24, 2.45) is 40.4 Å². The smallest absolute Gasteiger partial charge is 0.374 e. The molecule has 9 atom stereocenters. The van der Waals surface area contributed by atoms with Gasteiger partial charge >= 0.3 is 5.97 Å². The molecule has 0 saturated heterocycles. The molecule has 0 radical (unpaired) electrons. The number of ether oxygens (including phenoxy) is 1. The number of Topliss-reactive ketones (excluding diaryl/α,β-unsaturated/α-hetero) is 1. The van der Waals surface area contributed by atoms with Crippen LogP contribution in [-0.2, 0) is 19.1 Å². The van der Waals surface area contributed by atoms with Gasteiger partial charge in [-0.3, -0.25) is 9.59 Å². The van der Waals surface area contributed by atoms with Gasteiger partial charge in [0.2, 0.25) is 5.78 Å². The second-order valence-corrected chi connectivity index (χ2v) is 10.9. The summed E-state index contributed by atoms with van der Waals surface area (Å²) in [5, 5.41) is 11.4. The van der Waals surface area contributed by atoms with E-state index in [1.807, 2.05) is 27.7 Å². The average molecular weight is 447 g/mol. The third-order valence-corrected chi connectivity index (χ3v) is 9.03. The second kappa shape index (κ2) is 8.19. The van der Waals surface area contributed by atoms with E-state index in [-0.39, 0.29) is 42.5 Å². The standard InChI is InChI=1S/C26H35FO5/c1-5-6-9-32-24(31)23(30)21-14(2)10-17-16-12-19(27)18-11-15(28)7-8-25(18,3)22(16)20(29)13-26(17,21)4/h7-8,11,14,16-17,19-22,29H,5-6,9-10,12-13H2,1-4H3/t14-,16?,17+,19+,20?,21?,22?,25?,26?/m1/s1. The minimum absolute atomic E-state index is 0.0194. The van der Waals surface area contributed by atoms with Crippen molar-refractivity contribution in [1.82, 2.24) is 0 Å². The lowest BCUT2D eigenvalue weighted by Crippen LogP contribution is -2.58. The van der Waals surface area contributed by atoms with Crippen LogP contribution in [0.1, 0.15) is 59.8 Å². The van der Waals surface area contributed by atoms with Crippen LogP contribution >= 0.6 is 0 Å². The molecule has 176 valence electrons. The predicted octanol–water partition coefficient (Wildman–Crippen LogP) is 3.99. The Bertz CT molecular complexity index is 877. The Kier molecular flexibility index (Phi) is 5.98. The van der Waals surface area contributed by atoms with Crippen molar-refractivity contribution in [2.75, 3.05) is 6.61 Å². The molecule has 32 heavy (non-hydrogen) atoms. The van der Waals surface area contributed by atoms with Gasteiger partial charge in [0.1, 0.15) is 6.17 Å². The Balaban J connectivity index is 1.65. The number of halogens is 1. The molecule has 0 aromatic heterocycles. The number of rotatable bonds is 5. The van der Waals surface area contributed by atoms with Crippen LogP contribution < -0.4 is 0 Å².